The average Bonchev–Trinajstić information content (AvgIpc) is 2.74. The molecule has 0 unspecified atom stereocenters. The van der Waals surface area contributed by atoms with Crippen molar-refractivity contribution in [2.45, 2.75) is 32.4 Å². The molecular formula is C21H25ClF3N4O4+. The maximum absolute atomic E-state index is 14.0. The number of nitrogens with zero attached hydrogens (tertiary/aromatic N) is 3. The van der Waals surface area contributed by atoms with Gasteiger partial charge in [-0.2, -0.15) is 18.0 Å². The summed E-state index contributed by atoms with van der Waals surface area (Å²) in [6.45, 7) is 2.85. The molecule has 1 aromatic heterocycles. The van der Waals surface area contributed by atoms with Gasteiger partial charge in [-0.1, -0.05) is 24.9 Å². The van der Waals surface area contributed by atoms with E-state index in [1.54, 1.807) is 7.05 Å². The first kappa shape index (κ1) is 26.3. The molecule has 2 rings (SSSR count). The number of phenolic OH excluding ortho intramolecular Hbond substituents is 1. The van der Waals surface area contributed by atoms with E-state index in [0.717, 1.165) is 25.5 Å². The number of carbonyl (C=O) groups is 1. The molecule has 0 atom stereocenters. The van der Waals surface area contributed by atoms with Gasteiger partial charge in [0.05, 0.1) is 24.6 Å². The van der Waals surface area contributed by atoms with Gasteiger partial charge in [-0.25, -0.2) is 14.8 Å². The molecule has 0 aliphatic carbocycles. The summed E-state index contributed by atoms with van der Waals surface area (Å²) < 4.78 is 47.9. The highest BCUT2D eigenvalue weighted by Crippen LogP contribution is 2.36. The predicted octanol–water partition coefficient (Wildman–Crippen LogP) is 3.54. The number of aromatic hydroxyl groups is 1. The second-order valence-corrected chi connectivity index (χ2v) is 7.33. The molecule has 0 radical (unpaired) electrons. The van der Waals surface area contributed by atoms with E-state index in [1.807, 2.05) is 6.92 Å². The van der Waals surface area contributed by atoms with E-state index < -0.39 is 29.2 Å². The Balaban J connectivity index is 2.46. The first-order chi connectivity index (χ1) is 15.6. The number of phenols is 1. The minimum absolute atomic E-state index is 0.00379. The Bertz CT molecular complexity index is 998. The summed E-state index contributed by atoms with van der Waals surface area (Å²) in [6, 6.07) is 2.45. The first-order valence-electron chi connectivity index (χ1n) is 10.1. The van der Waals surface area contributed by atoms with Crippen molar-refractivity contribution in [3.63, 3.8) is 0 Å². The number of nitrogens with one attached hydrogen (secondary N) is 1. The van der Waals surface area contributed by atoms with Gasteiger partial charge >= 0.3 is 17.9 Å². The van der Waals surface area contributed by atoms with Gasteiger partial charge in [0.25, 0.3) is 0 Å². The summed E-state index contributed by atoms with van der Waals surface area (Å²) in [7, 11) is 2.70. The number of hydrogen-bond acceptors (Lipinski definition) is 7. The maximum atomic E-state index is 14.0. The van der Waals surface area contributed by atoms with Crippen molar-refractivity contribution in [1.29, 1.82) is 0 Å². The molecule has 2 N–H and O–H groups in total. The van der Waals surface area contributed by atoms with E-state index in [0.29, 0.717) is 31.7 Å². The minimum Gasteiger partial charge on any atom is -0.507 e. The highest BCUT2D eigenvalue weighted by atomic mass is 35.5. The van der Waals surface area contributed by atoms with Gasteiger partial charge < -0.3 is 15.2 Å². The van der Waals surface area contributed by atoms with E-state index in [9.17, 15) is 23.1 Å². The largest absolute Gasteiger partial charge is 0.507 e. The lowest BCUT2D eigenvalue weighted by atomic mass is 10.00. The molecule has 8 nitrogen and oxygen atoms in total. The van der Waals surface area contributed by atoms with Crippen LogP contribution in [-0.4, -0.2) is 64.9 Å². The van der Waals surface area contributed by atoms with Gasteiger partial charge in [-0.3, -0.25) is 0 Å². The van der Waals surface area contributed by atoms with Crippen LogP contribution in [0.4, 0.5) is 13.2 Å². The van der Waals surface area contributed by atoms with Crippen LogP contribution in [0.3, 0.4) is 0 Å². The lowest BCUT2D eigenvalue weighted by molar-refractivity contribution is -0.741. The van der Waals surface area contributed by atoms with Crippen LogP contribution < -0.4 is 10.1 Å². The monoisotopic (exact) mass is 489 g/mol. The van der Waals surface area contributed by atoms with Crippen LogP contribution in [-0.2, 0) is 11.3 Å². The molecule has 180 valence electrons. The third kappa shape index (κ3) is 7.03. The number of ether oxygens (including phenoxy) is 1. The van der Waals surface area contributed by atoms with Crippen LogP contribution in [0, 0.1) is 0 Å². The summed E-state index contributed by atoms with van der Waals surface area (Å²) in [5.41, 5.74) is -2.01. The van der Waals surface area contributed by atoms with Gasteiger partial charge in [-0.05, 0) is 43.3 Å². The van der Waals surface area contributed by atoms with Crippen LogP contribution >= 0.6 is 11.6 Å². The molecule has 1 aromatic carbocycles. The molecule has 33 heavy (non-hydrogen) atoms. The Labute approximate surface area is 194 Å². The summed E-state index contributed by atoms with van der Waals surface area (Å²) in [6.07, 6.45) is -1.40. The number of carbonyl (C=O) groups excluding carboxylic acids is 1. The third-order valence-electron chi connectivity index (χ3n) is 4.46. The fourth-order valence-corrected chi connectivity index (χ4v) is 3.10. The van der Waals surface area contributed by atoms with Gasteiger partial charge in [0, 0.05) is 5.56 Å². The van der Waals surface area contributed by atoms with E-state index in [-0.39, 0.29) is 27.6 Å². The first-order valence-corrected chi connectivity index (χ1v) is 10.5. The zero-order valence-electron chi connectivity index (χ0n) is 18.4. The predicted molar refractivity (Wildman–Crippen MR) is 115 cm³/mol. The Morgan fingerprint density at radius 3 is 2.58 bits per heavy atom. The van der Waals surface area contributed by atoms with Crippen molar-refractivity contribution in [2.24, 2.45) is 0 Å². The number of aromatic nitrogens is 2. The Kier molecular flexibility index (Phi) is 9.42. The molecule has 1 heterocycles. The summed E-state index contributed by atoms with van der Waals surface area (Å²) >= 11 is 5.60. The van der Waals surface area contributed by atoms with Crippen LogP contribution in [0.2, 0.25) is 5.15 Å². The van der Waals surface area contributed by atoms with Crippen molar-refractivity contribution >= 4 is 23.3 Å². The molecule has 0 fully saturated rings. The quantitative estimate of drug-likeness (QED) is 0.173. The number of alkyl halides is 3. The van der Waals surface area contributed by atoms with Crippen molar-refractivity contribution in [1.82, 2.24) is 15.3 Å². The lowest BCUT2D eigenvalue weighted by Gasteiger charge is -2.16. The molecule has 0 saturated carbocycles. The van der Waals surface area contributed by atoms with Crippen LogP contribution in [0.1, 0.15) is 41.4 Å². The van der Waals surface area contributed by atoms with Gasteiger partial charge in [-0.15, -0.1) is 0 Å². The number of hydrogen-bond donors (Lipinski definition) is 2. The second-order valence-electron chi connectivity index (χ2n) is 6.94. The highest BCUT2D eigenvalue weighted by Gasteiger charge is 2.48. The van der Waals surface area contributed by atoms with E-state index in [1.165, 1.54) is 6.07 Å². The van der Waals surface area contributed by atoms with Crippen molar-refractivity contribution < 1.29 is 37.4 Å². The molecule has 12 heteroatoms. The maximum Gasteiger partial charge on any atom is 0.482 e. The number of halogens is 4. The zero-order chi connectivity index (χ0) is 24.6. The Hall–Kier alpha value is -2.92. The van der Waals surface area contributed by atoms with Gasteiger partial charge in [0.1, 0.15) is 16.7 Å². The van der Waals surface area contributed by atoms with E-state index in [2.05, 4.69) is 15.3 Å². The highest BCUT2D eigenvalue weighted by molar-refractivity contribution is 6.29. The van der Waals surface area contributed by atoms with E-state index in [4.69, 9.17) is 21.2 Å². The fraction of sp³-hybridized carbons (Fsp3) is 0.429. The summed E-state index contributed by atoms with van der Waals surface area (Å²) in [5.74, 6) is -1.47. The lowest BCUT2D eigenvalue weighted by Crippen LogP contribution is -2.34. The van der Waals surface area contributed by atoms with Crippen molar-refractivity contribution in [2.75, 3.05) is 27.2 Å². The SMILES string of the molecule is CCCc1c(OCCCNC)ccc(/C(=[N+](\C)OC(=O)c2cnc(Cl)cn2)C(F)(F)F)c1O. The summed E-state index contributed by atoms with van der Waals surface area (Å²) in [4.78, 5) is 24.4. The standard InChI is InChI=1S/C21H24ClF3N4O4/c1-4-6-13-16(32-10-5-9-26-2)8-7-14(18(13)30)19(21(23,24)25)29(3)33-20(31)15-11-28-17(22)12-27-15/h7-8,11-12,26H,4-6,9-10H2,1-3H3/p+1. The van der Waals surface area contributed by atoms with E-state index >= 15 is 0 Å². The van der Waals surface area contributed by atoms with Crippen LogP contribution in [0.5, 0.6) is 11.5 Å². The zero-order valence-corrected chi connectivity index (χ0v) is 19.1. The van der Waals surface area contributed by atoms with Crippen LogP contribution in [0.25, 0.3) is 0 Å². The van der Waals surface area contributed by atoms with Crippen LogP contribution in [0.15, 0.2) is 24.5 Å². The molecule has 0 saturated heterocycles. The molecule has 0 aliphatic rings. The number of benzene rings is 1. The van der Waals surface area contributed by atoms with Gasteiger partial charge in [0.15, 0.2) is 12.7 Å². The summed E-state index contributed by atoms with van der Waals surface area (Å²) in [5, 5.41) is 13.7. The van der Waals surface area contributed by atoms with Gasteiger partial charge in [0.2, 0.25) is 0 Å². The fourth-order valence-electron chi connectivity index (χ4n) is 3.00. The number of rotatable bonds is 10. The molecule has 2 aromatic rings. The molecule has 0 bridgehead atoms. The van der Waals surface area contributed by atoms with Crippen molar-refractivity contribution in [3.05, 3.63) is 46.5 Å². The smallest absolute Gasteiger partial charge is 0.482 e. The topological polar surface area (TPSA) is 96.6 Å². The average molecular weight is 490 g/mol. The molecule has 0 amide bonds. The third-order valence-corrected chi connectivity index (χ3v) is 4.65. The molecular weight excluding hydrogens is 465 g/mol. The second kappa shape index (κ2) is 11.8. The normalized spacial score (nSPS) is 12.3. The molecule has 0 aliphatic heterocycles. The minimum atomic E-state index is -4.96. The number of hydroxylamine groups is 1. The van der Waals surface area contributed by atoms with Crippen molar-refractivity contribution in [3.8, 4) is 11.5 Å². The Morgan fingerprint density at radius 1 is 1.27 bits per heavy atom. The Morgan fingerprint density at radius 2 is 2.00 bits per heavy atom. The molecule has 0 spiro atoms.